The predicted octanol–water partition coefficient (Wildman–Crippen LogP) is 1.80. The number of nitrogens with one attached hydrogen (secondary N) is 1. The summed E-state index contributed by atoms with van der Waals surface area (Å²) in [4.78, 5) is 37.9. The lowest BCUT2D eigenvalue weighted by Crippen LogP contribution is -2.41. The van der Waals surface area contributed by atoms with E-state index in [0.29, 0.717) is 13.0 Å². The number of benzene rings is 1. The lowest BCUT2D eigenvalue weighted by Gasteiger charge is -2.18. The summed E-state index contributed by atoms with van der Waals surface area (Å²) < 4.78 is 0. The molecule has 2 fully saturated rings. The first-order chi connectivity index (χ1) is 11.0. The van der Waals surface area contributed by atoms with E-state index in [2.05, 4.69) is 5.32 Å². The van der Waals surface area contributed by atoms with Crippen LogP contribution in [0.15, 0.2) is 18.2 Å². The Bertz CT molecular complexity index is 674. The summed E-state index contributed by atoms with van der Waals surface area (Å²) >= 11 is 1.26. The molecule has 0 radical (unpaired) electrons. The van der Waals surface area contributed by atoms with E-state index in [0.717, 1.165) is 17.0 Å². The lowest BCUT2D eigenvalue weighted by molar-refractivity contribution is -0.128. The zero-order valence-electron chi connectivity index (χ0n) is 13.3. The van der Waals surface area contributed by atoms with Gasteiger partial charge < -0.3 is 10.2 Å². The van der Waals surface area contributed by atoms with Crippen molar-refractivity contribution in [3.05, 3.63) is 29.3 Å². The molecule has 0 bridgehead atoms. The molecular formula is C17H20N2O3S. The zero-order chi connectivity index (χ0) is 16.6. The molecule has 122 valence electrons. The standard InChI is InChI=1S/C17H20N2O3S/c1-10-3-4-13(7-11(10)2)19-9-12(8-15(19)20)16(21)18-14-5-6-23-17(14)22/h3-4,7,12,14H,5-6,8-9H2,1-2H3,(H,18,21). The first-order valence-electron chi connectivity index (χ1n) is 7.80. The molecule has 1 N–H and O–H groups in total. The average Bonchev–Trinajstić information content (AvgIpc) is 3.09. The Kier molecular flexibility index (Phi) is 4.43. The fraction of sp³-hybridized carbons (Fsp3) is 0.471. The minimum Gasteiger partial charge on any atom is -0.345 e. The number of aryl methyl sites for hydroxylation is 2. The highest BCUT2D eigenvalue weighted by molar-refractivity contribution is 8.14. The molecule has 2 amide bonds. The van der Waals surface area contributed by atoms with Crippen LogP contribution in [0, 0.1) is 19.8 Å². The first-order valence-corrected chi connectivity index (χ1v) is 8.79. The van der Waals surface area contributed by atoms with Crippen molar-refractivity contribution in [1.82, 2.24) is 5.32 Å². The predicted molar refractivity (Wildman–Crippen MR) is 90.4 cm³/mol. The van der Waals surface area contributed by atoms with Gasteiger partial charge in [-0.3, -0.25) is 14.4 Å². The van der Waals surface area contributed by atoms with Gasteiger partial charge in [-0.1, -0.05) is 17.8 Å². The zero-order valence-corrected chi connectivity index (χ0v) is 14.1. The molecule has 1 aromatic carbocycles. The highest BCUT2D eigenvalue weighted by atomic mass is 32.2. The quantitative estimate of drug-likeness (QED) is 0.917. The van der Waals surface area contributed by atoms with Gasteiger partial charge in [0.2, 0.25) is 16.9 Å². The number of nitrogens with zero attached hydrogens (tertiary/aromatic N) is 1. The topological polar surface area (TPSA) is 66.5 Å². The SMILES string of the molecule is Cc1ccc(N2CC(C(=O)NC3CCSC3=O)CC2=O)cc1C. The number of thioether (sulfide) groups is 1. The van der Waals surface area contributed by atoms with E-state index in [4.69, 9.17) is 0 Å². The Balaban J connectivity index is 1.68. The summed E-state index contributed by atoms with van der Waals surface area (Å²) in [7, 11) is 0. The molecule has 5 nitrogen and oxygen atoms in total. The maximum Gasteiger partial charge on any atom is 0.227 e. The molecule has 0 saturated carbocycles. The van der Waals surface area contributed by atoms with Crippen LogP contribution in [-0.2, 0) is 14.4 Å². The van der Waals surface area contributed by atoms with Crippen LogP contribution in [-0.4, -0.2) is 35.3 Å². The molecule has 1 aromatic rings. The van der Waals surface area contributed by atoms with E-state index in [9.17, 15) is 14.4 Å². The first kappa shape index (κ1) is 16.1. The molecule has 2 aliphatic heterocycles. The van der Waals surface area contributed by atoms with Gasteiger partial charge >= 0.3 is 0 Å². The van der Waals surface area contributed by atoms with Crippen LogP contribution in [0.4, 0.5) is 5.69 Å². The summed E-state index contributed by atoms with van der Waals surface area (Å²) in [6.07, 6.45) is 0.879. The van der Waals surface area contributed by atoms with E-state index >= 15 is 0 Å². The van der Waals surface area contributed by atoms with E-state index in [1.54, 1.807) is 4.90 Å². The van der Waals surface area contributed by atoms with Crippen LogP contribution in [0.5, 0.6) is 0 Å². The summed E-state index contributed by atoms with van der Waals surface area (Å²) in [6.45, 7) is 4.41. The summed E-state index contributed by atoms with van der Waals surface area (Å²) in [5.41, 5.74) is 3.13. The maximum atomic E-state index is 12.3. The van der Waals surface area contributed by atoms with Crippen molar-refractivity contribution in [1.29, 1.82) is 0 Å². The van der Waals surface area contributed by atoms with Crippen molar-refractivity contribution in [2.75, 3.05) is 17.2 Å². The molecule has 3 rings (SSSR count). The molecule has 0 spiro atoms. The molecule has 23 heavy (non-hydrogen) atoms. The van der Waals surface area contributed by atoms with Crippen LogP contribution in [0.2, 0.25) is 0 Å². The summed E-state index contributed by atoms with van der Waals surface area (Å²) in [5, 5.41) is 2.82. The van der Waals surface area contributed by atoms with E-state index in [1.165, 1.54) is 17.3 Å². The Morgan fingerprint density at radius 2 is 2.04 bits per heavy atom. The van der Waals surface area contributed by atoms with Crippen molar-refractivity contribution >= 4 is 34.4 Å². The molecule has 2 aliphatic rings. The summed E-state index contributed by atoms with van der Waals surface area (Å²) in [5.74, 6) is 0.135. The van der Waals surface area contributed by atoms with Crippen molar-refractivity contribution in [3.63, 3.8) is 0 Å². The van der Waals surface area contributed by atoms with Crippen LogP contribution in [0.25, 0.3) is 0 Å². The van der Waals surface area contributed by atoms with Crippen LogP contribution in [0.1, 0.15) is 24.0 Å². The van der Waals surface area contributed by atoms with Gasteiger partial charge in [-0.15, -0.1) is 0 Å². The van der Waals surface area contributed by atoms with Crippen molar-refractivity contribution in [3.8, 4) is 0 Å². The van der Waals surface area contributed by atoms with Gasteiger partial charge in [0.25, 0.3) is 0 Å². The van der Waals surface area contributed by atoms with Gasteiger partial charge in [-0.25, -0.2) is 0 Å². The monoisotopic (exact) mass is 332 g/mol. The number of anilines is 1. The third-order valence-electron chi connectivity index (χ3n) is 4.55. The fourth-order valence-corrected chi connectivity index (χ4v) is 3.88. The van der Waals surface area contributed by atoms with E-state index < -0.39 is 6.04 Å². The molecule has 0 aliphatic carbocycles. The number of carbonyl (C=O) groups excluding carboxylic acids is 3. The molecule has 2 heterocycles. The van der Waals surface area contributed by atoms with Crippen molar-refractivity contribution < 1.29 is 14.4 Å². The van der Waals surface area contributed by atoms with Crippen molar-refractivity contribution in [2.24, 2.45) is 5.92 Å². The minimum absolute atomic E-state index is 0.0219. The molecule has 0 aromatic heterocycles. The van der Waals surface area contributed by atoms with Gasteiger partial charge in [0.1, 0.15) is 0 Å². The summed E-state index contributed by atoms with van der Waals surface area (Å²) in [6, 6.07) is 5.49. The molecule has 2 saturated heterocycles. The van der Waals surface area contributed by atoms with Gasteiger partial charge in [0, 0.05) is 24.4 Å². The maximum absolute atomic E-state index is 12.3. The Morgan fingerprint density at radius 3 is 2.70 bits per heavy atom. The van der Waals surface area contributed by atoms with Gasteiger partial charge in [0.05, 0.1) is 12.0 Å². The van der Waals surface area contributed by atoms with E-state index in [1.807, 2.05) is 32.0 Å². The van der Waals surface area contributed by atoms with Crippen molar-refractivity contribution in [2.45, 2.75) is 32.7 Å². The smallest absolute Gasteiger partial charge is 0.227 e. The molecule has 6 heteroatoms. The Labute approximate surface area is 139 Å². The number of rotatable bonds is 3. The Hall–Kier alpha value is -1.82. The normalized spacial score (nSPS) is 24.3. The van der Waals surface area contributed by atoms with Crippen LogP contribution in [0.3, 0.4) is 0 Å². The average molecular weight is 332 g/mol. The second kappa shape index (κ2) is 6.35. The minimum atomic E-state index is -0.390. The highest BCUT2D eigenvalue weighted by Gasteiger charge is 2.37. The molecule has 2 atom stereocenters. The molecular weight excluding hydrogens is 312 g/mol. The van der Waals surface area contributed by atoms with Crippen LogP contribution < -0.4 is 10.2 Å². The highest BCUT2D eigenvalue weighted by Crippen LogP contribution is 2.27. The van der Waals surface area contributed by atoms with Gasteiger partial charge in [-0.2, -0.15) is 0 Å². The number of amides is 2. The second-order valence-electron chi connectivity index (χ2n) is 6.19. The van der Waals surface area contributed by atoms with E-state index in [-0.39, 0.29) is 29.3 Å². The number of hydrogen-bond acceptors (Lipinski definition) is 4. The number of carbonyl (C=O) groups is 3. The van der Waals surface area contributed by atoms with Gasteiger partial charge in [-0.05, 0) is 43.5 Å². The molecule has 2 unspecified atom stereocenters. The Morgan fingerprint density at radius 1 is 1.26 bits per heavy atom. The second-order valence-corrected chi connectivity index (χ2v) is 7.29. The fourth-order valence-electron chi connectivity index (χ4n) is 2.94. The third kappa shape index (κ3) is 3.27. The largest absolute Gasteiger partial charge is 0.345 e. The number of hydrogen-bond donors (Lipinski definition) is 1. The van der Waals surface area contributed by atoms with Gasteiger partial charge in [0.15, 0.2) is 0 Å². The lowest BCUT2D eigenvalue weighted by atomic mass is 10.1. The van der Waals surface area contributed by atoms with Crippen LogP contribution >= 0.6 is 11.8 Å². The third-order valence-corrected chi connectivity index (χ3v) is 5.56.